The molecule has 1 aliphatic rings. The number of rotatable bonds is 9. The molecule has 1 saturated heterocycles. The maximum Gasteiger partial charge on any atom is 0.150 e. The van der Waals surface area contributed by atoms with Crippen molar-refractivity contribution >= 4 is 20.7 Å². The Morgan fingerprint density at radius 2 is 1.90 bits per heavy atom. The lowest BCUT2D eigenvalue weighted by Gasteiger charge is -2.24. The molecule has 1 N–H and O–H groups in total. The second-order valence-electron chi connectivity index (χ2n) is 8.45. The van der Waals surface area contributed by atoms with Crippen molar-refractivity contribution in [3.05, 3.63) is 71.4 Å². The molecule has 4 nitrogen and oxygen atoms in total. The molecule has 0 aliphatic carbocycles. The van der Waals surface area contributed by atoms with Crippen molar-refractivity contribution < 1.29 is 8.42 Å². The van der Waals surface area contributed by atoms with Gasteiger partial charge in [-0.15, -0.1) is 0 Å². The lowest BCUT2D eigenvalue weighted by molar-refractivity contribution is 0.256. The van der Waals surface area contributed by atoms with Crippen LogP contribution >= 0.6 is 0 Å². The highest BCUT2D eigenvalue weighted by molar-refractivity contribution is 7.91. The molecule has 4 rings (SSSR count). The Morgan fingerprint density at radius 1 is 1.07 bits per heavy atom. The number of nitrogens with zero attached hydrogens (tertiary/aromatic N) is 1. The fraction of sp³-hybridized carbons (Fsp3) is 0.440. The zero-order valence-corrected chi connectivity index (χ0v) is 18.6. The van der Waals surface area contributed by atoms with Gasteiger partial charge in [0, 0.05) is 35.4 Å². The van der Waals surface area contributed by atoms with E-state index in [2.05, 4.69) is 64.6 Å². The van der Waals surface area contributed by atoms with Crippen LogP contribution in [-0.2, 0) is 29.1 Å². The Labute approximate surface area is 180 Å². The number of aryl methyl sites for hydroxylation is 1. The van der Waals surface area contributed by atoms with Crippen LogP contribution in [0.4, 0.5) is 0 Å². The van der Waals surface area contributed by atoms with Gasteiger partial charge in [0.25, 0.3) is 0 Å². The minimum atomic E-state index is -2.94. The van der Waals surface area contributed by atoms with E-state index in [1.165, 1.54) is 35.9 Å². The molecule has 0 radical (unpaired) electrons. The predicted molar refractivity (Wildman–Crippen MR) is 125 cm³/mol. The van der Waals surface area contributed by atoms with Gasteiger partial charge in [0.2, 0.25) is 0 Å². The molecular formula is C25H32N2O2S. The second-order valence-corrected chi connectivity index (χ2v) is 10.9. The van der Waals surface area contributed by atoms with E-state index < -0.39 is 9.84 Å². The third kappa shape index (κ3) is 5.13. The van der Waals surface area contributed by atoms with Crippen LogP contribution < -0.4 is 0 Å². The van der Waals surface area contributed by atoms with Gasteiger partial charge in [0.1, 0.15) is 9.84 Å². The average molecular weight is 425 g/mol. The lowest BCUT2D eigenvalue weighted by Crippen LogP contribution is -2.32. The van der Waals surface area contributed by atoms with Crippen molar-refractivity contribution in [2.75, 3.05) is 24.6 Å². The van der Waals surface area contributed by atoms with Gasteiger partial charge in [-0.25, -0.2) is 8.42 Å². The number of likely N-dealkylation sites (tertiary alicyclic amines) is 1. The number of nitrogens with one attached hydrogen (secondary N) is 1. The molecule has 2 heterocycles. The molecule has 1 fully saturated rings. The van der Waals surface area contributed by atoms with E-state index in [4.69, 9.17) is 0 Å². The predicted octanol–water partition coefficient (Wildman–Crippen LogP) is 4.39. The molecule has 1 aromatic heterocycles. The number of H-pyrrole nitrogens is 1. The van der Waals surface area contributed by atoms with Gasteiger partial charge >= 0.3 is 0 Å². The van der Waals surface area contributed by atoms with E-state index in [1.54, 1.807) is 6.92 Å². The fourth-order valence-corrected chi connectivity index (χ4v) is 5.39. The van der Waals surface area contributed by atoms with Crippen molar-refractivity contribution in [1.82, 2.24) is 9.88 Å². The number of hydrogen-bond acceptors (Lipinski definition) is 3. The highest BCUT2D eigenvalue weighted by atomic mass is 32.2. The van der Waals surface area contributed by atoms with E-state index in [9.17, 15) is 8.42 Å². The first-order valence-electron chi connectivity index (χ1n) is 11.1. The molecule has 2 aromatic carbocycles. The number of hydrogen-bond donors (Lipinski definition) is 1. The highest BCUT2D eigenvalue weighted by Crippen LogP contribution is 2.27. The Hall–Kier alpha value is -2.11. The average Bonchev–Trinajstić information content (AvgIpc) is 3.38. The van der Waals surface area contributed by atoms with E-state index in [1.807, 2.05) is 0 Å². The summed E-state index contributed by atoms with van der Waals surface area (Å²) in [6.07, 6.45) is 7.39. The topological polar surface area (TPSA) is 53.2 Å². The number of aromatic nitrogens is 1. The van der Waals surface area contributed by atoms with Crippen molar-refractivity contribution in [2.24, 2.45) is 0 Å². The number of aromatic amines is 1. The third-order valence-electron chi connectivity index (χ3n) is 6.46. The molecule has 160 valence electrons. The van der Waals surface area contributed by atoms with Crippen LogP contribution in [0.15, 0.2) is 54.7 Å². The van der Waals surface area contributed by atoms with Gasteiger partial charge in [-0.3, -0.25) is 4.90 Å². The van der Waals surface area contributed by atoms with Crippen LogP contribution in [0.1, 0.15) is 36.5 Å². The molecular weight excluding hydrogens is 392 g/mol. The second kappa shape index (κ2) is 9.36. The summed E-state index contributed by atoms with van der Waals surface area (Å²) in [5, 5.41) is 1.25. The molecule has 0 amide bonds. The van der Waals surface area contributed by atoms with Gasteiger partial charge < -0.3 is 4.98 Å². The minimum Gasteiger partial charge on any atom is -0.361 e. The fourth-order valence-electron chi connectivity index (χ4n) is 4.56. The molecule has 3 aromatic rings. The van der Waals surface area contributed by atoms with E-state index >= 15 is 0 Å². The monoisotopic (exact) mass is 424 g/mol. The summed E-state index contributed by atoms with van der Waals surface area (Å²) in [6.45, 7) is 4.01. The summed E-state index contributed by atoms with van der Waals surface area (Å²) in [5.41, 5.74) is 5.00. The Balaban J connectivity index is 1.44. The Morgan fingerprint density at radius 3 is 2.70 bits per heavy atom. The maximum absolute atomic E-state index is 11.9. The summed E-state index contributed by atoms with van der Waals surface area (Å²) in [7, 11) is -2.94. The summed E-state index contributed by atoms with van der Waals surface area (Å²) in [6, 6.07) is 17.6. The van der Waals surface area contributed by atoms with Crippen LogP contribution in [0.25, 0.3) is 10.9 Å². The molecule has 30 heavy (non-hydrogen) atoms. The smallest absolute Gasteiger partial charge is 0.150 e. The normalized spacial score (nSPS) is 17.7. The Kier molecular flexibility index (Phi) is 6.59. The van der Waals surface area contributed by atoms with Crippen LogP contribution in [0.3, 0.4) is 0 Å². The standard InChI is InChI=1S/C25H32N2O2S/c1-2-30(28,29)16-13-21-10-11-25-24(17-21)22(19-26-25)18-23-9-6-14-27(23)15-12-20-7-4-3-5-8-20/h3-5,7-8,10-11,17,19,23,26H,2,6,9,12-16,18H2,1H3/t23-/m1/s1. The van der Waals surface area contributed by atoms with Gasteiger partial charge in [-0.1, -0.05) is 43.3 Å². The molecule has 5 heteroatoms. The van der Waals surface area contributed by atoms with Crippen LogP contribution in [0.5, 0.6) is 0 Å². The van der Waals surface area contributed by atoms with Crippen molar-refractivity contribution in [1.29, 1.82) is 0 Å². The molecule has 1 atom stereocenters. The molecule has 1 aliphatic heterocycles. The largest absolute Gasteiger partial charge is 0.361 e. The molecule has 0 spiro atoms. The quantitative estimate of drug-likeness (QED) is 0.554. The van der Waals surface area contributed by atoms with Crippen molar-refractivity contribution in [3.8, 4) is 0 Å². The first-order chi connectivity index (χ1) is 14.5. The summed E-state index contributed by atoms with van der Waals surface area (Å²) in [4.78, 5) is 6.05. The van der Waals surface area contributed by atoms with E-state index in [0.29, 0.717) is 12.5 Å². The maximum atomic E-state index is 11.9. The van der Waals surface area contributed by atoms with Gasteiger partial charge in [0.15, 0.2) is 0 Å². The van der Waals surface area contributed by atoms with E-state index in [0.717, 1.165) is 30.5 Å². The Bertz CT molecular complexity index is 1070. The van der Waals surface area contributed by atoms with Gasteiger partial charge in [0.05, 0.1) is 5.75 Å². The zero-order chi connectivity index (χ0) is 21.0. The van der Waals surface area contributed by atoms with Crippen molar-refractivity contribution in [3.63, 3.8) is 0 Å². The third-order valence-corrected chi connectivity index (χ3v) is 8.16. The summed E-state index contributed by atoms with van der Waals surface area (Å²) in [5.74, 6) is 0.440. The van der Waals surface area contributed by atoms with Gasteiger partial charge in [-0.05, 0) is 67.5 Å². The number of sulfone groups is 1. The van der Waals surface area contributed by atoms with Crippen LogP contribution in [0, 0.1) is 0 Å². The lowest BCUT2D eigenvalue weighted by atomic mass is 10.0. The van der Waals surface area contributed by atoms with E-state index in [-0.39, 0.29) is 11.5 Å². The SMILES string of the molecule is CCS(=O)(=O)CCc1ccc2[nH]cc(C[C@H]3CCCN3CCc3ccccc3)c2c1. The highest BCUT2D eigenvalue weighted by Gasteiger charge is 2.25. The molecule has 0 bridgehead atoms. The number of fused-ring (bicyclic) bond motifs is 1. The molecule has 0 saturated carbocycles. The molecule has 0 unspecified atom stereocenters. The summed E-state index contributed by atoms with van der Waals surface area (Å²) < 4.78 is 23.7. The first-order valence-corrected chi connectivity index (χ1v) is 12.9. The summed E-state index contributed by atoms with van der Waals surface area (Å²) >= 11 is 0. The van der Waals surface area contributed by atoms with Crippen LogP contribution in [0.2, 0.25) is 0 Å². The van der Waals surface area contributed by atoms with Gasteiger partial charge in [-0.2, -0.15) is 0 Å². The van der Waals surface area contributed by atoms with Crippen molar-refractivity contribution in [2.45, 2.75) is 45.1 Å². The first kappa shape index (κ1) is 21.1. The van der Waals surface area contributed by atoms with Crippen LogP contribution in [-0.4, -0.2) is 48.9 Å². The zero-order valence-electron chi connectivity index (χ0n) is 17.8. The number of benzene rings is 2. The minimum absolute atomic E-state index is 0.213.